The van der Waals surface area contributed by atoms with Crippen LogP contribution in [-0.4, -0.2) is 23.2 Å². The number of carbonyl (C=O) groups is 1. The van der Waals surface area contributed by atoms with E-state index < -0.39 is 12.0 Å². The van der Waals surface area contributed by atoms with Gasteiger partial charge in [-0.3, -0.25) is 10.1 Å². The van der Waals surface area contributed by atoms with E-state index in [2.05, 4.69) is 37.2 Å². The summed E-state index contributed by atoms with van der Waals surface area (Å²) in [7, 11) is 0. The molecular formula is C15H21Br2NO3. The van der Waals surface area contributed by atoms with E-state index in [-0.39, 0.29) is 12.0 Å². The summed E-state index contributed by atoms with van der Waals surface area (Å²) in [6.07, 6.45) is 0.0431. The lowest BCUT2D eigenvalue weighted by atomic mass is 10.0. The highest BCUT2D eigenvalue weighted by Crippen LogP contribution is 2.33. The van der Waals surface area contributed by atoms with Crippen molar-refractivity contribution in [3.63, 3.8) is 0 Å². The van der Waals surface area contributed by atoms with Gasteiger partial charge < -0.3 is 9.84 Å². The first-order valence-electron chi connectivity index (χ1n) is 6.83. The molecule has 0 aliphatic heterocycles. The molecular weight excluding hydrogens is 402 g/mol. The van der Waals surface area contributed by atoms with Crippen LogP contribution in [0.25, 0.3) is 0 Å². The van der Waals surface area contributed by atoms with Crippen molar-refractivity contribution in [2.24, 2.45) is 5.92 Å². The number of halogens is 2. The summed E-state index contributed by atoms with van der Waals surface area (Å²) in [5, 5.41) is 12.3. The standard InChI is InChI=1S/C15H21Br2NO3/c1-8(2)13(15(19)20)18-7-10-5-11(16)6-12(17)14(10)21-9(3)4/h5-6,8-9,13,18H,7H2,1-4H3,(H,19,20). The highest BCUT2D eigenvalue weighted by molar-refractivity contribution is 9.11. The summed E-state index contributed by atoms with van der Waals surface area (Å²) in [5.74, 6) is -0.0912. The number of aliphatic carboxylic acids is 1. The van der Waals surface area contributed by atoms with Gasteiger partial charge >= 0.3 is 5.97 Å². The molecule has 0 fully saturated rings. The summed E-state index contributed by atoms with van der Waals surface area (Å²) in [6, 6.07) is 3.27. The maximum atomic E-state index is 11.2. The van der Waals surface area contributed by atoms with Gasteiger partial charge in [0.1, 0.15) is 11.8 Å². The zero-order valence-corrected chi connectivity index (χ0v) is 15.8. The van der Waals surface area contributed by atoms with E-state index in [4.69, 9.17) is 4.74 Å². The number of carboxylic acids is 1. The van der Waals surface area contributed by atoms with Gasteiger partial charge in [-0.1, -0.05) is 29.8 Å². The van der Waals surface area contributed by atoms with Gasteiger partial charge in [0.25, 0.3) is 0 Å². The molecule has 0 saturated heterocycles. The van der Waals surface area contributed by atoms with E-state index in [9.17, 15) is 9.90 Å². The Balaban J connectivity index is 2.98. The summed E-state index contributed by atoms with van der Waals surface area (Å²) in [6.45, 7) is 8.11. The lowest BCUT2D eigenvalue weighted by molar-refractivity contribution is -0.140. The van der Waals surface area contributed by atoms with Crippen LogP contribution in [0.3, 0.4) is 0 Å². The van der Waals surface area contributed by atoms with Crippen LogP contribution in [0.5, 0.6) is 5.75 Å². The molecule has 1 aromatic rings. The largest absolute Gasteiger partial charge is 0.489 e. The highest BCUT2D eigenvalue weighted by atomic mass is 79.9. The van der Waals surface area contributed by atoms with Gasteiger partial charge in [0.15, 0.2) is 0 Å². The molecule has 4 nitrogen and oxygen atoms in total. The van der Waals surface area contributed by atoms with Gasteiger partial charge in [-0.05, 0) is 47.8 Å². The maximum Gasteiger partial charge on any atom is 0.320 e. The molecule has 2 N–H and O–H groups in total. The van der Waals surface area contributed by atoms with Gasteiger partial charge in [0, 0.05) is 16.6 Å². The third-order valence-corrected chi connectivity index (χ3v) is 3.93. The van der Waals surface area contributed by atoms with Crippen LogP contribution in [0.1, 0.15) is 33.3 Å². The topological polar surface area (TPSA) is 58.6 Å². The van der Waals surface area contributed by atoms with E-state index in [0.29, 0.717) is 6.54 Å². The molecule has 0 aliphatic rings. The van der Waals surface area contributed by atoms with Crippen molar-refractivity contribution in [3.05, 3.63) is 26.6 Å². The van der Waals surface area contributed by atoms with Gasteiger partial charge in [-0.25, -0.2) is 0 Å². The lowest BCUT2D eigenvalue weighted by Gasteiger charge is -2.21. The number of benzene rings is 1. The molecule has 1 aromatic carbocycles. The van der Waals surface area contributed by atoms with Gasteiger partial charge in [-0.2, -0.15) is 0 Å². The van der Waals surface area contributed by atoms with Crippen molar-refractivity contribution in [3.8, 4) is 5.75 Å². The summed E-state index contributed by atoms with van der Waals surface area (Å²) < 4.78 is 7.59. The van der Waals surface area contributed by atoms with Crippen molar-refractivity contribution in [1.82, 2.24) is 5.32 Å². The third-order valence-electron chi connectivity index (χ3n) is 2.88. The molecule has 118 valence electrons. The minimum absolute atomic E-state index is 0.00700. The fraction of sp³-hybridized carbons (Fsp3) is 0.533. The van der Waals surface area contributed by atoms with Crippen molar-refractivity contribution in [2.45, 2.75) is 46.4 Å². The Morgan fingerprint density at radius 3 is 2.38 bits per heavy atom. The van der Waals surface area contributed by atoms with Crippen LogP contribution in [0, 0.1) is 5.92 Å². The van der Waals surface area contributed by atoms with Crippen molar-refractivity contribution in [1.29, 1.82) is 0 Å². The number of nitrogens with one attached hydrogen (secondary N) is 1. The summed E-state index contributed by atoms with van der Waals surface area (Å²) in [4.78, 5) is 11.2. The molecule has 1 atom stereocenters. The summed E-state index contributed by atoms with van der Waals surface area (Å²) >= 11 is 6.94. The van der Waals surface area contributed by atoms with Crippen LogP contribution in [0.4, 0.5) is 0 Å². The average molecular weight is 423 g/mol. The normalized spacial score (nSPS) is 12.8. The number of hydrogen-bond donors (Lipinski definition) is 2. The first kappa shape index (κ1) is 18.5. The molecule has 0 radical (unpaired) electrons. The Hall–Kier alpha value is -0.590. The van der Waals surface area contributed by atoms with Crippen molar-refractivity contribution in [2.75, 3.05) is 0 Å². The minimum atomic E-state index is -0.842. The van der Waals surface area contributed by atoms with Crippen LogP contribution < -0.4 is 10.1 Å². The zero-order valence-electron chi connectivity index (χ0n) is 12.6. The minimum Gasteiger partial charge on any atom is -0.489 e. The second-order valence-electron chi connectivity index (χ2n) is 5.48. The number of carboxylic acid groups (broad SMARTS) is 1. The first-order chi connectivity index (χ1) is 9.72. The van der Waals surface area contributed by atoms with E-state index in [1.165, 1.54) is 0 Å². The Labute approximate surface area is 142 Å². The SMILES string of the molecule is CC(C)Oc1c(Br)cc(Br)cc1CNC(C(=O)O)C(C)C. The molecule has 0 spiro atoms. The van der Waals surface area contributed by atoms with Gasteiger partial charge in [0.05, 0.1) is 10.6 Å². The van der Waals surface area contributed by atoms with Crippen LogP contribution in [0.2, 0.25) is 0 Å². The average Bonchev–Trinajstić information content (AvgIpc) is 2.32. The third kappa shape index (κ3) is 5.60. The second-order valence-corrected chi connectivity index (χ2v) is 7.25. The number of rotatable bonds is 7. The lowest BCUT2D eigenvalue weighted by Crippen LogP contribution is -2.40. The molecule has 0 aromatic heterocycles. The highest BCUT2D eigenvalue weighted by Gasteiger charge is 2.21. The molecule has 0 bridgehead atoms. The smallest absolute Gasteiger partial charge is 0.320 e. The zero-order chi connectivity index (χ0) is 16.2. The molecule has 0 amide bonds. The molecule has 0 heterocycles. The molecule has 6 heteroatoms. The van der Waals surface area contributed by atoms with Gasteiger partial charge in [0.2, 0.25) is 0 Å². The Morgan fingerprint density at radius 1 is 1.29 bits per heavy atom. The van der Waals surface area contributed by atoms with Crippen molar-refractivity contribution < 1.29 is 14.6 Å². The Morgan fingerprint density at radius 2 is 1.90 bits per heavy atom. The monoisotopic (exact) mass is 421 g/mol. The predicted octanol–water partition coefficient (Wildman–Crippen LogP) is 4.20. The quantitative estimate of drug-likeness (QED) is 0.691. The molecule has 1 rings (SSSR count). The van der Waals surface area contributed by atoms with Crippen LogP contribution in [0.15, 0.2) is 21.1 Å². The Bertz CT molecular complexity index is 504. The number of ether oxygens (including phenoxy) is 1. The second kappa shape index (κ2) is 8.15. The van der Waals surface area contributed by atoms with Crippen LogP contribution >= 0.6 is 31.9 Å². The summed E-state index contributed by atoms with van der Waals surface area (Å²) in [5.41, 5.74) is 0.914. The fourth-order valence-corrected chi connectivity index (χ4v) is 3.35. The Kier molecular flexibility index (Phi) is 7.16. The molecule has 1 unspecified atom stereocenters. The van der Waals surface area contributed by atoms with Gasteiger partial charge in [-0.15, -0.1) is 0 Å². The van der Waals surface area contributed by atoms with Crippen molar-refractivity contribution >= 4 is 37.8 Å². The predicted molar refractivity (Wildman–Crippen MR) is 90.7 cm³/mol. The van der Waals surface area contributed by atoms with E-state index in [1.54, 1.807) is 0 Å². The van der Waals surface area contributed by atoms with E-state index >= 15 is 0 Å². The van der Waals surface area contributed by atoms with E-state index in [1.807, 2.05) is 39.8 Å². The van der Waals surface area contributed by atoms with Crippen LogP contribution in [-0.2, 0) is 11.3 Å². The first-order valence-corrected chi connectivity index (χ1v) is 8.41. The molecule has 0 aliphatic carbocycles. The fourth-order valence-electron chi connectivity index (χ4n) is 1.94. The maximum absolute atomic E-state index is 11.2. The van der Waals surface area contributed by atoms with E-state index in [0.717, 1.165) is 20.3 Å². The molecule has 0 saturated carbocycles. The molecule has 21 heavy (non-hydrogen) atoms. The number of hydrogen-bond acceptors (Lipinski definition) is 3.